The van der Waals surface area contributed by atoms with Crippen LogP contribution in [-0.4, -0.2) is 16.8 Å². The lowest BCUT2D eigenvalue weighted by Crippen LogP contribution is -2.41. The van der Waals surface area contributed by atoms with E-state index >= 15 is 0 Å². The summed E-state index contributed by atoms with van der Waals surface area (Å²) in [6.45, 7) is 6.50. The third-order valence-electron chi connectivity index (χ3n) is 3.70. The maximum atomic E-state index is 11.8. The molecule has 1 aromatic heterocycles. The van der Waals surface area contributed by atoms with Crippen LogP contribution in [-0.2, 0) is 16.6 Å². The number of pyridine rings is 1. The number of hydrazine groups is 1. The molecule has 0 fully saturated rings. The van der Waals surface area contributed by atoms with Crippen molar-refractivity contribution in [3.8, 4) is 0 Å². The van der Waals surface area contributed by atoms with Gasteiger partial charge in [0.15, 0.2) is 0 Å². The highest BCUT2D eigenvalue weighted by molar-refractivity contribution is 5.95. The zero-order chi connectivity index (χ0) is 17.6. The number of aromatic nitrogens is 1. The third kappa shape index (κ3) is 5.19. The molecule has 0 radical (unpaired) electrons. The second-order valence-corrected chi connectivity index (χ2v) is 6.69. The lowest BCUT2D eigenvalue weighted by Gasteiger charge is -2.19. The fourth-order valence-electron chi connectivity index (χ4n) is 2.19. The Labute approximate surface area is 142 Å². The maximum Gasteiger partial charge on any atom is 0.271 e. The minimum atomic E-state index is -0.383. The van der Waals surface area contributed by atoms with Crippen molar-refractivity contribution in [2.45, 2.75) is 39.0 Å². The molecule has 2 amide bonds. The molecule has 24 heavy (non-hydrogen) atoms. The average molecular weight is 325 g/mol. The van der Waals surface area contributed by atoms with E-state index in [4.69, 9.17) is 0 Å². The van der Waals surface area contributed by atoms with Gasteiger partial charge in [0.1, 0.15) is 0 Å². The minimum Gasteiger partial charge on any atom is -0.273 e. The monoisotopic (exact) mass is 325 g/mol. The number of carbonyl (C=O) groups is 2. The Kier molecular flexibility index (Phi) is 5.68. The largest absolute Gasteiger partial charge is 0.273 e. The van der Waals surface area contributed by atoms with E-state index in [1.807, 2.05) is 12.1 Å². The van der Waals surface area contributed by atoms with Gasteiger partial charge >= 0.3 is 0 Å². The molecule has 1 heterocycles. The topological polar surface area (TPSA) is 71.1 Å². The van der Waals surface area contributed by atoms with Crippen molar-refractivity contribution in [2.24, 2.45) is 0 Å². The summed E-state index contributed by atoms with van der Waals surface area (Å²) in [5.41, 5.74) is 7.68. The Morgan fingerprint density at radius 1 is 1.04 bits per heavy atom. The molecule has 1 aromatic carbocycles. The summed E-state index contributed by atoms with van der Waals surface area (Å²) in [4.78, 5) is 27.5. The van der Waals surface area contributed by atoms with Crippen molar-refractivity contribution in [3.63, 3.8) is 0 Å². The molecule has 2 N–H and O–H groups in total. The molecule has 0 unspecified atom stereocenters. The summed E-state index contributed by atoms with van der Waals surface area (Å²) in [5, 5.41) is 0. The minimum absolute atomic E-state index is 0.118. The molecular weight excluding hydrogens is 302 g/mol. The van der Waals surface area contributed by atoms with Gasteiger partial charge in [0, 0.05) is 18.8 Å². The van der Waals surface area contributed by atoms with Crippen molar-refractivity contribution in [2.75, 3.05) is 0 Å². The summed E-state index contributed by atoms with van der Waals surface area (Å²) in [5.74, 6) is -0.613. The first kappa shape index (κ1) is 17.7. The number of aryl methyl sites for hydroxylation is 1. The van der Waals surface area contributed by atoms with E-state index < -0.39 is 0 Å². The van der Waals surface area contributed by atoms with Crippen molar-refractivity contribution in [3.05, 3.63) is 65.5 Å². The van der Waals surface area contributed by atoms with Gasteiger partial charge in [0.05, 0.1) is 5.56 Å². The van der Waals surface area contributed by atoms with Gasteiger partial charge in [-0.15, -0.1) is 0 Å². The lowest BCUT2D eigenvalue weighted by molar-refractivity contribution is -0.121. The second-order valence-electron chi connectivity index (χ2n) is 6.69. The number of nitrogens with zero attached hydrogens (tertiary/aromatic N) is 1. The van der Waals surface area contributed by atoms with Crippen LogP contribution in [0.4, 0.5) is 0 Å². The first-order chi connectivity index (χ1) is 11.4. The smallest absolute Gasteiger partial charge is 0.271 e. The van der Waals surface area contributed by atoms with E-state index in [0.717, 1.165) is 5.56 Å². The fraction of sp³-hybridized carbons (Fsp3) is 0.316. The maximum absolute atomic E-state index is 11.8. The first-order valence-corrected chi connectivity index (χ1v) is 7.95. The van der Waals surface area contributed by atoms with Crippen LogP contribution in [0.15, 0.2) is 48.8 Å². The normalized spacial score (nSPS) is 11.0. The van der Waals surface area contributed by atoms with E-state index in [0.29, 0.717) is 18.4 Å². The number of benzene rings is 1. The zero-order valence-electron chi connectivity index (χ0n) is 14.3. The van der Waals surface area contributed by atoms with E-state index in [-0.39, 0.29) is 17.2 Å². The highest BCUT2D eigenvalue weighted by Gasteiger charge is 2.13. The first-order valence-electron chi connectivity index (χ1n) is 7.95. The highest BCUT2D eigenvalue weighted by Crippen LogP contribution is 2.22. The molecule has 5 heteroatoms. The molecule has 126 valence electrons. The molecule has 0 atom stereocenters. The molecule has 5 nitrogen and oxygen atoms in total. The zero-order valence-corrected chi connectivity index (χ0v) is 14.3. The predicted molar refractivity (Wildman–Crippen MR) is 93.3 cm³/mol. The number of hydrogen-bond donors (Lipinski definition) is 2. The number of nitrogens with one attached hydrogen (secondary N) is 2. The van der Waals surface area contributed by atoms with Gasteiger partial charge in [-0.25, -0.2) is 0 Å². The Morgan fingerprint density at radius 2 is 1.75 bits per heavy atom. The Balaban J connectivity index is 1.78. The van der Waals surface area contributed by atoms with Crippen LogP contribution in [0.2, 0.25) is 0 Å². The quantitative estimate of drug-likeness (QED) is 0.849. The van der Waals surface area contributed by atoms with Crippen molar-refractivity contribution in [1.29, 1.82) is 0 Å². The van der Waals surface area contributed by atoms with Crippen molar-refractivity contribution >= 4 is 11.8 Å². The van der Waals surface area contributed by atoms with Crippen LogP contribution in [0.25, 0.3) is 0 Å². The van der Waals surface area contributed by atoms with Crippen LogP contribution >= 0.6 is 0 Å². The van der Waals surface area contributed by atoms with Crippen LogP contribution in [0.3, 0.4) is 0 Å². The van der Waals surface area contributed by atoms with Crippen LogP contribution in [0.5, 0.6) is 0 Å². The standard InChI is InChI=1S/C19H23N3O2/c1-19(2,3)16-9-6-14(7-10-16)8-11-17(23)21-22-18(24)15-5-4-12-20-13-15/h4-7,9-10,12-13H,8,11H2,1-3H3,(H,21,23)(H,22,24). The second kappa shape index (κ2) is 7.73. The van der Waals surface area contributed by atoms with E-state index in [1.165, 1.54) is 11.8 Å². The summed E-state index contributed by atoms with van der Waals surface area (Å²) in [6, 6.07) is 11.6. The molecule has 0 saturated heterocycles. The molecule has 0 saturated carbocycles. The average Bonchev–Trinajstić information content (AvgIpc) is 2.58. The van der Waals surface area contributed by atoms with Crippen LogP contribution < -0.4 is 10.9 Å². The molecule has 2 rings (SSSR count). The summed E-state index contributed by atoms with van der Waals surface area (Å²) in [7, 11) is 0. The van der Waals surface area contributed by atoms with Gasteiger partial charge in [0.2, 0.25) is 5.91 Å². The van der Waals surface area contributed by atoms with Crippen molar-refractivity contribution < 1.29 is 9.59 Å². The summed E-state index contributed by atoms with van der Waals surface area (Å²) < 4.78 is 0. The molecule has 0 bridgehead atoms. The third-order valence-corrected chi connectivity index (χ3v) is 3.70. The van der Waals surface area contributed by atoms with Crippen LogP contribution in [0.1, 0.15) is 48.7 Å². The van der Waals surface area contributed by atoms with Gasteiger partial charge in [0.25, 0.3) is 5.91 Å². The summed E-state index contributed by atoms with van der Waals surface area (Å²) >= 11 is 0. The predicted octanol–water partition coefficient (Wildman–Crippen LogP) is 2.77. The number of amides is 2. The van der Waals surface area contributed by atoms with E-state index in [2.05, 4.69) is 48.7 Å². The van der Waals surface area contributed by atoms with Gasteiger partial charge in [-0.3, -0.25) is 25.4 Å². The van der Waals surface area contributed by atoms with E-state index in [9.17, 15) is 9.59 Å². The number of carbonyl (C=O) groups excluding carboxylic acids is 2. The number of rotatable bonds is 4. The van der Waals surface area contributed by atoms with Crippen LogP contribution in [0, 0.1) is 0 Å². The molecule has 0 aliphatic rings. The molecule has 0 aliphatic carbocycles. The molecule has 0 aliphatic heterocycles. The molecular formula is C19H23N3O2. The van der Waals surface area contributed by atoms with E-state index in [1.54, 1.807) is 18.3 Å². The van der Waals surface area contributed by atoms with Gasteiger partial charge in [-0.1, -0.05) is 45.0 Å². The van der Waals surface area contributed by atoms with Gasteiger partial charge < -0.3 is 0 Å². The fourth-order valence-corrected chi connectivity index (χ4v) is 2.19. The molecule has 0 spiro atoms. The number of hydrogen-bond acceptors (Lipinski definition) is 3. The molecule has 2 aromatic rings. The SMILES string of the molecule is CC(C)(C)c1ccc(CCC(=O)NNC(=O)c2cccnc2)cc1. The Bertz CT molecular complexity index is 689. The van der Waals surface area contributed by atoms with Gasteiger partial charge in [-0.2, -0.15) is 0 Å². The summed E-state index contributed by atoms with van der Waals surface area (Å²) in [6.07, 6.45) is 3.96. The Morgan fingerprint density at radius 3 is 2.33 bits per heavy atom. The Hall–Kier alpha value is -2.69. The van der Waals surface area contributed by atoms with Gasteiger partial charge in [-0.05, 0) is 35.1 Å². The highest BCUT2D eigenvalue weighted by atomic mass is 16.2. The lowest BCUT2D eigenvalue weighted by atomic mass is 9.86. The van der Waals surface area contributed by atoms with Crippen molar-refractivity contribution in [1.82, 2.24) is 15.8 Å².